The van der Waals surface area contributed by atoms with Crippen LogP contribution >= 0.6 is 11.3 Å². The highest BCUT2D eigenvalue weighted by Crippen LogP contribution is 2.24. The summed E-state index contributed by atoms with van der Waals surface area (Å²) in [7, 11) is 1.86. The first-order chi connectivity index (χ1) is 13.7. The molecule has 1 amide bonds. The number of aromatic nitrogens is 1. The summed E-state index contributed by atoms with van der Waals surface area (Å²) in [5, 5.41) is 11.0. The van der Waals surface area contributed by atoms with Gasteiger partial charge in [0.1, 0.15) is 5.82 Å². The molecule has 4 rings (SSSR count). The molecule has 0 fully saturated rings. The molecule has 0 saturated heterocycles. The average molecular weight is 385 g/mol. The van der Waals surface area contributed by atoms with Crippen LogP contribution in [0.3, 0.4) is 0 Å². The molecule has 4 nitrogen and oxygen atoms in total. The number of thiophene rings is 1. The van der Waals surface area contributed by atoms with Gasteiger partial charge in [0.25, 0.3) is 5.91 Å². The van der Waals surface area contributed by atoms with Gasteiger partial charge in [-0.1, -0.05) is 24.8 Å². The summed E-state index contributed by atoms with van der Waals surface area (Å²) >= 11 is 1.66. The molecule has 0 unspecified atom stereocenters. The fourth-order valence-electron chi connectivity index (χ4n) is 3.10. The fraction of sp³-hybridized carbons (Fsp3) is 0.0435. The van der Waals surface area contributed by atoms with E-state index in [2.05, 4.69) is 28.3 Å². The van der Waals surface area contributed by atoms with Gasteiger partial charge in [-0.25, -0.2) is 4.98 Å². The second kappa shape index (κ2) is 7.66. The van der Waals surface area contributed by atoms with E-state index in [1.807, 2.05) is 67.2 Å². The minimum Gasteiger partial charge on any atom is -0.393 e. The molecule has 0 atom stereocenters. The zero-order valence-electron chi connectivity index (χ0n) is 15.4. The highest BCUT2D eigenvalue weighted by atomic mass is 32.1. The van der Waals surface area contributed by atoms with Crippen molar-refractivity contribution in [1.82, 2.24) is 10.3 Å². The lowest BCUT2D eigenvalue weighted by atomic mass is 10.0. The molecule has 2 N–H and O–H groups in total. The van der Waals surface area contributed by atoms with E-state index in [1.54, 1.807) is 17.5 Å². The number of fused-ring (bicyclic) bond motifs is 2. The minimum atomic E-state index is -0.169. The standard InChI is InChI=1S/C23H19N3OS/c1-3-15(13-24-2)16-4-5-19-14-25-22(12-20(19)10-16)26-23(27)18-6-7-21-17(11-18)8-9-28-21/h3-14,24H,1H2,2H3,(H,25,26,27)/b15-13+. The summed E-state index contributed by atoms with van der Waals surface area (Å²) < 4.78 is 1.17. The van der Waals surface area contributed by atoms with E-state index in [1.165, 1.54) is 4.70 Å². The van der Waals surface area contributed by atoms with Crippen LogP contribution in [0.25, 0.3) is 26.4 Å². The van der Waals surface area contributed by atoms with Gasteiger partial charge in [0.05, 0.1) is 0 Å². The Labute approximate surface area is 167 Å². The van der Waals surface area contributed by atoms with E-state index in [0.717, 1.165) is 27.3 Å². The Morgan fingerprint density at radius 1 is 1.04 bits per heavy atom. The van der Waals surface area contributed by atoms with Gasteiger partial charge in [-0.3, -0.25) is 4.79 Å². The second-order valence-corrected chi connectivity index (χ2v) is 7.30. The molecule has 28 heavy (non-hydrogen) atoms. The lowest BCUT2D eigenvalue weighted by molar-refractivity contribution is 0.102. The van der Waals surface area contributed by atoms with Gasteiger partial charge in [-0.15, -0.1) is 11.3 Å². The molecular weight excluding hydrogens is 366 g/mol. The minimum absolute atomic E-state index is 0.169. The molecule has 0 spiro atoms. The maximum Gasteiger partial charge on any atom is 0.256 e. The second-order valence-electron chi connectivity index (χ2n) is 6.35. The predicted molar refractivity (Wildman–Crippen MR) is 119 cm³/mol. The Morgan fingerprint density at radius 3 is 2.68 bits per heavy atom. The van der Waals surface area contributed by atoms with Gasteiger partial charge in [0.2, 0.25) is 0 Å². The zero-order valence-corrected chi connectivity index (χ0v) is 16.2. The predicted octanol–water partition coefficient (Wildman–Crippen LogP) is 5.45. The number of hydrogen-bond donors (Lipinski definition) is 2. The number of nitrogens with zero attached hydrogens (tertiary/aromatic N) is 1. The van der Waals surface area contributed by atoms with Crippen LogP contribution in [0.1, 0.15) is 15.9 Å². The normalized spacial score (nSPS) is 11.5. The molecule has 0 aliphatic heterocycles. The van der Waals surface area contributed by atoms with E-state index in [4.69, 9.17) is 0 Å². The van der Waals surface area contributed by atoms with Crippen LogP contribution < -0.4 is 10.6 Å². The van der Waals surface area contributed by atoms with Gasteiger partial charge in [0, 0.05) is 35.1 Å². The van der Waals surface area contributed by atoms with Crippen molar-refractivity contribution >= 4 is 49.5 Å². The Morgan fingerprint density at radius 2 is 1.86 bits per heavy atom. The summed E-state index contributed by atoms with van der Waals surface area (Å²) in [6.45, 7) is 3.87. The molecule has 0 aliphatic carbocycles. The highest BCUT2D eigenvalue weighted by Gasteiger charge is 2.09. The maximum atomic E-state index is 12.6. The van der Waals surface area contributed by atoms with Crippen LogP contribution in [0.2, 0.25) is 0 Å². The molecule has 4 aromatic rings. The van der Waals surface area contributed by atoms with E-state index < -0.39 is 0 Å². The van der Waals surface area contributed by atoms with Crippen molar-refractivity contribution in [2.45, 2.75) is 0 Å². The maximum absolute atomic E-state index is 12.6. The lowest BCUT2D eigenvalue weighted by Gasteiger charge is -2.08. The van der Waals surface area contributed by atoms with Crippen molar-refractivity contribution in [1.29, 1.82) is 0 Å². The third kappa shape index (κ3) is 3.52. The van der Waals surface area contributed by atoms with Gasteiger partial charge in [-0.2, -0.15) is 0 Å². The molecule has 0 aliphatic rings. The zero-order chi connectivity index (χ0) is 19.5. The third-order valence-electron chi connectivity index (χ3n) is 4.53. The molecule has 0 saturated carbocycles. The lowest BCUT2D eigenvalue weighted by Crippen LogP contribution is -2.12. The Bertz CT molecular complexity index is 1220. The number of amides is 1. The van der Waals surface area contributed by atoms with Crippen LogP contribution in [0, 0.1) is 0 Å². The van der Waals surface area contributed by atoms with Crippen molar-refractivity contribution in [2.75, 3.05) is 12.4 Å². The largest absolute Gasteiger partial charge is 0.393 e. The summed E-state index contributed by atoms with van der Waals surface area (Å²) in [4.78, 5) is 17.0. The molecular formula is C23H19N3OS. The van der Waals surface area contributed by atoms with Crippen LogP contribution in [-0.4, -0.2) is 17.9 Å². The average Bonchev–Trinajstić information content (AvgIpc) is 3.19. The van der Waals surface area contributed by atoms with E-state index in [-0.39, 0.29) is 5.91 Å². The quantitative estimate of drug-likeness (QED) is 0.449. The summed E-state index contributed by atoms with van der Waals surface area (Å²) in [6.07, 6.45) is 5.48. The van der Waals surface area contributed by atoms with Crippen molar-refractivity contribution in [2.24, 2.45) is 0 Å². The summed E-state index contributed by atoms with van der Waals surface area (Å²) in [6, 6.07) is 15.7. The van der Waals surface area contributed by atoms with Crippen LogP contribution in [0.5, 0.6) is 0 Å². The Hall–Kier alpha value is -3.44. The van der Waals surface area contributed by atoms with Crippen LogP contribution in [0.4, 0.5) is 5.82 Å². The smallest absolute Gasteiger partial charge is 0.256 e. The number of carbonyl (C=O) groups excluding carboxylic acids is 1. The first-order valence-electron chi connectivity index (χ1n) is 8.86. The van der Waals surface area contributed by atoms with Crippen LogP contribution in [0.15, 0.2) is 79.0 Å². The first kappa shape index (κ1) is 17.9. The Kier molecular flexibility index (Phi) is 4.91. The van der Waals surface area contributed by atoms with Gasteiger partial charge < -0.3 is 10.6 Å². The van der Waals surface area contributed by atoms with Crippen LogP contribution in [-0.2, 0) is 0 Å². The van der Waals surface area contributed by atoms with E-state index >= 15 is 0 Å². The summed E-state index contributed by atoms with van der Waals surface area (Å²) in [5.41, 5.74) is 2.66. The number of pyridine rings is 1. The van der Waals surface area contributed by atoms with Crippen molar-refractivity contribution in [3.63, 3.8) is 0 Å². The van der Waals surface area contributed by atoms with E-state index in [9.17, 15) is 4.79 Å². The number of allylic oxidation sites excluding steroid dienone is 2. The Balaban J connectivity index is 1.63. The third-order valence-corrected chi connectivity index (χ3v) is 5.43. The van der Waals surface area contributed by atoms with Crippen molar-refractivity contribution in [3.05, 3.63) is 90.1 Å². The molecule has 0 bridgehead atoms. The number of carbonyl (C=O) groups is 1. The fourth-order valence-corrected chi connectivity index (χ4v) is 3.87. The number of nitrogens with one attached hydrogen (secondary N) is 2. The molecule has 5 heteroatoms. The number of rotatable bonds is 5. The first-order valence-corrected chi connectivity index (χ1v) is 9.74. The molecule has 0 radical (unpaired) electrons. The number of benzene rings is 2. The molecule has 2 aromatic carbocycles. The van der Waals surface area contributed by atoms with Gasteiger partial charge in [-0.05, 0) is 63.7 Å². The monoisotopic (exact) mass is 385 g/mol. The highest BCUT2D eigenvalue weighted by molar-refractivity contribution is 7.17. The van der Waals surface area contributed by atoms with Crippen molar-refractivity contribution < 1.29 is 4.79 Å². The summed E-state index contributed by atoms with van der Waals surface area (Å²) in [5.74, 6) is 0.357. The molecule has 138 valence electrons. The van der Waals surface area contributed by atoms with Gasteiger partial charge in [0.15, 0.2) is 0 Å². The number of anilines is 1. The van der Waals surface area contributed by atoms with Gasteiger partial charge >= 0.3 is 0 Å². The SMILES string of the molecule is C=C/C(=C\NC)c1ccc2cnc(NC(=O)c3ccc4sccc4c3)cc2c1. The van der Waals surface area contributed by atoms with E-state index in [0.29, 0.717) is 11.4 Å². The van der Waals surface area contributed by atoms with Crippen molar-refractivity contribution in [3.8, 4) is 0 Å². The topological polar surface area (TPSA) is 54.0 Å². The molecule has 2 heterocycles. The number of hydrogen-bond acceptors (Lipinski definition) is 4. The molecule has 2 aromatic heterocycles.